The van der Waals surface area contributed by atoms with E-state index >= 15 is 0 Å². The molecule has 1 fully saturated rings. The van der Waals surface area contributed by atoms with E-state index in [4.69, 9.17) is 0 Å². The predicted octanol–water partition coefficient (Wildman–Crippen LogP) is 3.66. The lowest BCUT2D eigenvalue weighted by Gasteiger charge is -2.33. The van der Waals surface area contributed by atoms with Crippen LogP contribution in [0.15, 0.2) is 36.6 Å². The first-order valence-electron chi connectivity index (χ1n) is 7.43. The summed E-state index contributed by atoms with van der Waals surface area (Å²) in [5.41, 5.74) is 3.31. The van der Waals surface area contributed by atoms with Gasteiger partial charge in [-0.1, -0.05) is 44.0 Å². The van der Waals surface area contributed by atoms with E-state index in [0.717, 1.165) is 49.5 Å². The molecular formula is C16H28N2OS2. The monoisotopic (exact) mass is 328 g/mol. The minimum absolute atomic E-state index is 0.517. The third-order valence-electron chi connectivity index (χ3n) is 3.78. The van der Waals surface area contributed by atoms with Crippen molar-refractivity contribution in [2.75, 3.05) is 24.1 Å². The van der Waals surface area contributed by atoms with Gasteiger partial charge in [-0.2, -0.15) is 0 Å². The zero-order valence-corrected chi connectivity index (χ0v) is 15.0. The average molecular weight is 329 g/mol. The van der Waals surface area contributed by atoms with Crippen LogP contribution >= 0.6 is 11.8 Å². The van der Waals surface area contributed by atoms with E-state index in [2.05, 4.69) is 36.3 Å². The van der Waals surface area contributed by atoms with Crippen LogP contribution in [0.1, 0.15) is 33.1 Å². The lowest BCUT2D eigenvalue weighted by Crippen LogP contribution is -2.39. The summed E-state index contributed by atoms with van der Waals surface area (Å²) in [6.07, 6.45) is 3.05. The highest BCUT2D eigenvalue weighted by Gasteiger charge is 2.28. The van der Waals surface area contributed by atoms with Gasteiger partial charge in [0.05, 0.1) is 17.2 Å². The Morgan fingerprint density at radius 1 is 1.33 bits per heavy atom. The van der Waals surface area contributed by atoms with E-state index < -0.39 is 11.4 Å². The Morgan fingerprint density at radius 3 is 2.48 bits per heavy atom. The Balaban J connectivity index is 2.27. The van der Waals surface area contributed by atoms with E-state index in [-0.39, 0.29) is 0 Å². The summed E-state index contributed by atoms with van der Waals surface area (Å²) in [6, 6.07) is 0. The van der Waals surface area contributed by atoms with Gasteiger partial charge in [0.15, 0.2) is 5.08 Å². The van der Waals surface area contributed by atoms with Gasteiger partial charge >= 0.3 is 0 Å². The molecule has 0 aliphatic carbocycles. The van der Waals surface area contributed by atoms with Gasteiger partial charge in [-0.15, -0.1) is 4.31 Å². The van der Waals surface area contributed by atoms with Crippen molar-refractivity contribution in [1.82, 2.24) is 9.62 Å². The molecule has 0 amide bonds. The zero-order chi connectivity index (χ0) is 15.8. The highest BCUT2D eigenvalue weighted by Crippen LogP contribution is 2.30. The molecule has 0 aromatic rings. The quantitative estimate of drug-likeness (QED) is 0.303. The van der Waals surface area contributed by atoms with Crippen LogP contribution in [-0.2, 0) is 11.4 Å². The maximum absolute atomic E-state index is 12.2. The second-order valence-electron chi connectivity index (χ2n) is 5.43. The molecule has 0 bridgehead atoms. The van der Waals surface area contributed by atoms with Gasteiger partial charge in [0.2, 0.25) is 0 Å². The first kappa shape index (κ1) is 18.7. The summed E-state index contributed by atoms with van der Waals surface area (Å²) in [6.45, 7) is 17.9. The van der Waals surface area contributed by atoms with Gasteiger partial charge in [0, 0.05) is 18.8 Å². The first-order chi connectivity index (χ1) is 9.95. The van der Waals surface area contributed by atoms with Crippen molar-refractivity contribution in [2.24, 2.45) is 5.92 Å². The lowest BCUT2D eigenvalue weighted by atomic mass is 9.86. The topological polar surface area (TPSA) is 38.3 Å². The standard InChI is InChI=1S/C16H28N2OS2/c1-6-14(4)15(5)16-7-9-18(10-8-16)21(19)12-20-11-17-13(2)3/h16-17H,2,4-12H2,1,3H3. The first-order valence-corrected chi connectivity index (χ1v) is 9.86. The van der Waals surface area contributed by atoms with Gasteiger partial charge in [-0.25, -0.2) is 0 Å². The van der Waals surface area contributed by atoms with Gasteiger partial charge in [0.25, 0.3) is 0 Å². The number of piperidine rings is 1. The Bertz CT molecular complexity index is 376. The fourth-order valence-corrected chi connectivity index (χ4v) is 4.75. The van der Waals surface area contributed by atoms with Crippen molar-refractivity contribution in [3.8, 4) is 0 Å². The largest absolute Gasteiger partial charge is 0.597 e. The third kappa shape index (κ3) is 6.51. The molecule has 0 radical (unpaired) electrons. The fourth-order valence-electron chi connectivity index (χ4n) is 2.29. The van der Waals surface area contributed by atoms with E-state index in [9.17, 15) is 4.55 Å². The summed E-state index contributed by atoms with van der Waals surface area (Å²) in [5.74, 6) is 1.29. The van der Waals surface area contributed by atoms with Crippen molar-refractivity contribution in [2.45, 2.75) is 33.1 Å². The molecule has 120 valence electrons. The SMILES string of the molecule is C=C(C)NCSC[S+]([O-])N1CCC(C(=C)C(=C)CC)CC1. The summed E-state index contributed by atoms with van der Waals surface area (Å²) < 4.78 is 14.3. The normalized spacial score (nSPS) is 18.2. The van der Waals surface area contributed by atoms with Crippen molar-refractivity contribution in [3.63, 3.8) is 0 Å². The third-order valence-corrected chi connectivity index (χ3v) is 6.54. The number of allylic oxidation sites excluding steroid dienone is 3. The van der Waals surface area contributed by atoms with Crippen LogP contribution in [0.5, 0.6) is 0 Å². The lowest BCUT2D eigenvalue weighted by molar-refractivity contribution is 0.300. The molecule has 0 aromatic carbocycles. The van der Waals surface area contributed by atoms with E-state index in [0.29, 0.717) is 11.0 Å². The number of thioether (sulfide) groups is 1. The summed E-state index contributed by atoms with van der Waals surface area (Å²) >= 11 is 0.766. The molecular weight excluding hydrogens is 300 g/mol. The molecule has 21 heavy (non-hydrogen) atoms. The Kier molecular flexibility index (Phi) is 8.56. The fraction of sp³-hybridized carbons (Fsp3) is 0.625. The summed E-state index contributed by atoms with van der Waals surface area (Å²) in [7, 11) is 0. The second-order valence-corrected chi connectivity index (χ2v) is 8.23. The number of rotatable bonds is 9. The molecule has 1 N–H and O–H groups in total. The van der Waals surface area contributed by atoms with Crippen molar-refractivity contribution >= 4 is 23.1 Å². The molecule has 1 aliphatic heterocycles. The van der Waals surface area contributed by atoms with E-state index in [1.807, 2.05) is 6.92 Å². The van der Waals surface area contributed by atoms with Crippen LogP contribution in [0, 0.1) is 5.92 Å². The molecule has 5 heteroatoms. The molecule has 1 heterocycles. The van der Waals surface area contributed by atoms with Crippen molar-refractivity contribution in [1.29, 1.82) is 0 Å². The Morgan fingerprint density at radius 2 is 1.95 bits per heavy atom. The molecule has 1 atom stereocenters. The molecule has 1 aliphatic rings. The maximum Gasteiger partial charge on any atom is 0.172 e. The maximum atomic E-state index is 12.2. The molecule has 0 spiro atoms. The van der Waals surface area contributed by atoms with Crippen LogP contribution in [-0.4, -0.2) is 32.9 Å². The Hall–Kier alpha value is -0.360. The van der Waals surface area contributed by atoms with E-state index in [1.165, 1.54) is 5.57 Å². The molecule has 3 nitrogen and oxygen atoms in total. The van der Waals surface area contributed by atoms with Crippen molar-refractivity contribution in [3.05, 3.63) is 36.6 Å². The van der Waals surface area contributed by atoms with Crippen LogP contribution < -0.4 is 5.32 Å². The van der Waals surface area contributed by atoms with Crippen LogP contribution in [0.4, 0.5) is 0 Å². The molecule has 1 saturated heterocycles. The smallest absolute Gasteiger partial charge is 0.172 e. The molecule has 1 rings (SSSR count). The van der Waals surface area contributed by atoms with Crippen LogP contribution in [0.2, 0.25) is 0 Å². The predicted molar refractivity (Wildman–Crippen MR) is 96.3 cm³/mol. The number of hydrogen-bond donors (Lipinski definition) is 1. The highest BCUT2D eigenvalue weighted by molar-refractivity contribution is 8.11. The molecule has 0 saturated carbocycles. The van der Waals surface area contributed by atoms with Crippen LogP contribution in [0.25, 0.3) is 0 Å². The van der Waals surface area contributed by atoms with E-state index in [1.54, 1.807) is 11.8 Å². The average Bonchev–Trinajstić information content (AvgIpc) is 2.49. The number of hydrogen-bond acceptors (Lipinski definition) is 4. The second kappa shape index (κ2) is 9.62. The van der Waals surface area contributed by atoms with Crippen LogP contribution in [0.3, 0.4) is 0 Å². The summed E-state index contributed by atoms with van der Waals surface area (Å²) in [4.78, 5) is 0. The van der Waals surface area contributed by atoms with Gasteiger partial charge in [-0.3, -0.25) is 0 Å². The number of nitrogens with zero attached hydrogens (tertiary/aromatic N) is 1. The zero-order valence-electron chi connectivity index (χ0n) is 13.3. The van der Waals surface area contributed by atoms with Crippen molar-refractivity contribution < 1.29 is 4.55 Å². The minimum Gasteiger partial charge on any atom is -0.597 e. The Labute approximate surface area is 137 Å². The molecule has 0 aromatic heterocycles. The highest BCUT2D eigenvalue weighted by atomic mass is 32.3. The summed E-state index contributed by atoms with van der Waals surface area (Å²) in [5, 5.41) is 3.79. The van der Waals surface area contributed by atoms with Gasteiger partial charge in [0.1, 0.15) is 0 Å². The minimum atomic E-state index is -0.887. The molecule has 1 unspecified atom stereocenters. The van der Waals surface area contributed by atoms with Gasteiger partial charge in [-0.05, 0) is 37.7 Å². The number of nitrogens with one attached hydrogen (secondary N) is 1. The van der Waals surface area contributed by atoms with Gasteiger partial charge < -0.3 is 9.87 Å².